The van der Waals surface area contributed by atoms with Gasteiger partial charge in [0.2, 0.25) is 0 Å². The number of thiophene rings is 1. The Balaban J connectivity index is 1.85. The van der Waals surface area contributed by atoms with Crippen LogP contribution in [0.5, 0.6) is 5.75 Å². The molecule has 1 heterocycles. The summed E-state index contributed by atoms with van der Waals surface area (Å²) in [5.74, 6) is 0.221. The Morgan fingerprint density at radius 3 is 2.57 bits per heavy atom. The molecule has 0 saturated heterocycles. The van der Waals surface area contributed by atoms with Gasteiger partial charge in [-0.15, -0.1) is 11.3 Å². The molecule has 0 bridgehead atoms. The predicted molar refractivity (Wildman–Crippen MR) is 93.1 cm³/mol. The highest BCUT2D eigenvalue weighted by Gasteiger charge is 2.14. The van der Waals surface area contributed by atoms with Gasteiger partial charge in [-0.1, -0.05) is 12.1 Å². The first-order valence-corrected chi connectivity index (χ1v) is 8.89. The fourth-order valence-corrected chi connectivity index (χ4v) is 3.81. The molecule has 6 heteroatoms. The van der Waals surface area contributed by atoms with E-state index >= 15 is 0 Å². The molecule has 2 rings (SSSR count). The average Bonchev–Trinajstić information content (AvgIpc) is 2.78. The number of rotatable bonds is 5. The number of benzene rings is 1. The zero-order chi connectivity index (χ0) is 15.4. The molecule has 0 fully saturated rings. The Labute approximate surface area is 144 Å². The molecule has 0 aliphatic carbocycles. The number of aromatic hydroxyl groups is 1. The van der Waals surface area contributed by atoms with E-state index in [2.05, 4.69) is 37.2 Å². The highest BCUT2D eigenvalue weighted by atomic mass is 79.9. The quantitative estimate of drug-likeness (QED) is 0.717. The molecule has 1 unspecified atom stereocenters. The molecule has 0 aliphatic heterocycles. The average molecular weight is 433 g/mol. The number of aryl methyl sites for hydroxylation is 1. The molecular formula is C15H15Br2NO2S. The molecule has 1 aromatic heterocycles. The van der Waals surface area contributed by atoms with E-state index < -0.39 is 0 Å². The van der Waals surface area contributed by atoms with E-state index in [0.29, 0.717) is 4.88 Å². The van der Waals surface area contributed by atoms with Crippen LogP contribution in [0.15, 0.2) is 38.6 Å². The molecule has 3 nitrogen and oxygen atoms in total. The van der Waals surface area contributed by atoms with Crippen LogP contribution in [0.1, 0.15) is 28.6 Å². The topological polar surface area (TPSA) is 49.3 Å². The van der Waals surface area contributed by atoms with Gasteiger partial charge in [-0.3, -0.25) is 4.79 Å². The third-order valence-electron chi connectivity index (χ3n) is 3.05. The van der Waals surface area contributed by atoms with E-state index in [9.17, 15) is 9.90 Å². The van der Waals surface area contributed by atoms with Crippen LogP contribution in [0.25, 0.3) is 0 Å². The number of hydrogen-bond acceptors (Lipinski definition) is 3. The van der Waals surface area contributed by atoms with Crippen molar-refractivity contribution in [3.05, 3.63) is 49.0 Å². The highest BCUT2D eigenvalue weighted by Crippen LogP contribution is 2.32. The van der Waals surface area contributed by atoms with E-state index in [1.165, 1.54) is 11.3 Å². The lowest BCUT2D eigenvalue weighted by atomic mass is 10.1. The molecule has 0 radical (unpaired) electrons. The van der Waals surface area contributed by atoms with Crippen LogP contribution in [0.3, 0.4) is 0 Å². The lowest BCUT2D eigenvalue weighted by molar-refractivity contribution is 0.0942. The van der Waals surface area contributed by atoms with Crippen LogP contribution in [-0.2, 0) is 6.42 Å². The largest absolute Gasteiger partial charge is 0.508 e. The van der Waals surface area contributed by atoms with Crippen molar-refractivity contribution in [3.8, 4) is 5.75 Å². The summed E-state index contributed by atoms with van der Waals surface area (Å²) < 4.78 is 1.82. The summed E-state index contributed by atoms with van der Waals surface area (Å²) in [6.07, 6.45) is 1.71. The van der Waals surface area contributed by atoms with Gasteiger partial charge in [0.05, 0.1) is 8.66 Å². The Morgan fingerprint density at radius 2 is 2.00 bits per heavy atom. The summed E-state index contributed by atoms with van der Waals surface area (Å²) >= 11 is 8.18. The fraction of sp³-hybridized carbons (Fsp3) is 0.267. The van der Waals surface area contributed by atoms with Crippen molar-refractivity contribution in [2.45, 2.75) is 25.8 Å². The summed E-state index contributed by atoms with van der Waals surface area (Å²) in [5.41, 5.74) is 1.15. The third-order valence-corrected chi connectivity index (χ3v) is 6.30. The number of carbonyl (C=O) groups is 1. The molecular weight excluding hydrogens is 418 g/mol. The molecule has 1 atom stereocenters. The molecule has 1 aromatic carbocycles. The smallest absolute Gasteiger partial charge is 0.261 e. The predicted octanol–water partition coefficient (Wildman–Crippen LogP) is 4.73. The van der Waals surface area contributed by atoms with Gasteiger partial charge in [-0.2, -0.15) is 0 Å². The van der Waals surface area contributed by atoms with Crippen LogP contribution >= 0.6 is 43.2 Å². The summed E-state index contributed by atoms with van der Waals surface area (Å²) in [5, 5.41) is 12.2. The second-order valence-corrected chi connectivity index (χ2v) is 8.04. The maximum atomic E-state index is 12.1. The van der Waals surface area contributed by atoms with Gasteiger partial charge in [0, 0.05) is 10.5 Å². The summed E-state index contributed by atoms with van der Waals surface area (Å²) in [4.78, 5) is 12.8. The van der Waals surface area contributed by atoms with Crippen molar-refractivity contribution in [1.82, 2.24) is 5.32 Å². The number of phenolic OH excluding ortho intramolecular Hbond substituents is 1. The van der Waals surface area contributed by atoms with Crippen LogP contribution in [0, 0.1) is 0 Å². The molecule has 0 spiro atoms. The first-order valence-electron chi connectivity index (χ1n) is 6.49. The standard InChI is InChI=1S/C15H15Br2NO2S/c1-9(2-3-10-4-6-11(19)7-5-10)18-15(20)13-8-12(16)14(17)21-13/h4-9,19H,2-3H2,1H3,(H,18,20). The van der Waals surface area contributed by atoms with Crippen molar-refractivity contribution in [1.29, 1.82) is 0 Å². The Hall–Kier alpha value is -0.850. The number of amides is 1. The number of hydrogen-bond donors (Lipinski definition) is 2. The van der Waals surface area contributed by atoms with E-state index in [1.807, 2.05) is 25.1 Å². The SMILES string of the molecule is CC(CCc1ccc(O)cc1)NC(=O)c1cc(Br)c(Br)s1. The van der Waals surface area contributed by atoms with Gasteiger partial charge >= 0.3 is 0 Å². The summed E-state index contributed by atoms with van der Waals surface area (Å²) in [6.45, 7) is 2.00. The molecule has 2 aromatic rings. The lowest BCUT2D eigenvalue weighted by Crippen LogP contribution is -2.32. The first kappa shape index (κ1) is 16.5. The molecule has 112 valence electrons. The van der Waals surface area contributed by atoms with E-state index in [4.69, 9.17) is 0 Å². The van der Waals surface area contributed by atoms with Crippen LogP contribution in [0.4, 0.5) is 0 Å². The van der Waals surface area contributed by atoms with Crippen molar-refractivity contribution in [2.75, 3.05) is 0 Å². The maximum absolute atomic E-state index is 12.1. The van der Waals surface area contributed by atoms with Crippen LogP contribution < -0.4 is 5.32 Å². The van der Waals surface area contributed by atoms with E-state index in [-0.39, 0.29) is 17.7 Å². The van der Waals surface area contributed by atoms with Crippen molar-refractivity contribution in [2.24, 2.45) is 0 Å². The summed E-state index contributed by atoms with van der Waals surface area (Å²) in [7, 11) is 0. The summed E-state index contributed by atoms with van der Waals surface area (Å²) in [6, 6.07) is 9.07. The minimum Gasteiger partial charge on any atom is -0.508 e. The Morgan fingerprint density at radius 1 is 1.33 bits per heavy atom. The van der Waals surface area contributed by atoms with Crippen molar-refractivity contribution >= 4 is 49.1 Å². The first-order chi connectivity index (χ1) is 9.95. The zero-order valence-corrected chi connectivity index (χ0v) is 15.4. The van der Waals surface area contributed by atoms with E-state index in [1.54, 1.807) is 12.1 Å². The maximum Gasteiger partial charge on any atom is 0.261 e. The van der Waals surface area contributed by atoms with Crippen LogP contribution in [0.2, 0.25) is 0 Å². The van der Waals surface area contributed by atoms with Gasteiger partial charge in [0.15, 0.2) is 0 Å². The van der Waals surface area contributed by atoms with Crippen molar-refractivity contribution < 1.29 is 9.90 Å². The fourth-order valence-electron chi connectivity index (χ4n) is 1.87. The minimum atomic E-state index is -0.0513. The molecule has 0 saturated carbocycles. The number of halogens is 2. The second-order valence-electron chi connectivity index (χ2n) is 4.81. The third kappa shape index (κ3) is 4.83. The van der Waals surface area contributed by atoms with Gasteiger partial charge in [-0.25, -0.2) is 0 Å². The van der Waals surface area contributed by atoms with Gasteiger partial charge in [0.1, 0.15) is 5.75 Å². The monoisotopic (exact) mass is 431 g/mol. The minimum absolute atomic E-state index is 0.0513. The molecule has 21 heavy (non-hydrogen) atoms. The molecule has 1 amide bonds. The van der Waals surface area contributed by atoms with Gasteiger partial charge in [0.25, 0.3) is 5.91 Å². The Bertz CT molecular complexity index is 606. The molecule has 0 aliphatic rings. The van der Waals surface area contributed by atoms with Gasteiger partial charge < -0.3 is 10.4 Å². The number of carbonyl (C=O) groups excluding carboxylic acids is 1. The second kappa shape index (κ2) is 7.42. The van der Waals surface area contributed by atoms with Crippen molar-refractivity contribution in [3.63, 3.8) is 0 Å². The highest BCUT2D eigenvalue weighted by molar-refractivity contribution is 9.13. The Kier molecular flexibility index (Phi) is 5.84. The van der Waals surface area contributed by atoms with Gasteiger partial charge in [-0.05, 0) is 75.4 Å². The zero-order valence-electron chi connectivity index (χ0n) is 11.4. The van der Waals surface area contributed by atoms with E-state index in [0.717, 1.165) is 26.7 Å². The number of phenols is 1. The van der Waals surface area contributed by atoms with Crippen LogP contribution in [-0.4, -0.2) is 17.1 Å². The lowest BCUT2D eigenvalue weighted by Gasteiger charge is -2.13. The number of nitrogens with one attached hydrogen (secondary N) is 1. The molecule has 2 N–H and O–H groups in total. The normalized spacial score (nSPS) is 12.1.